The van der Waals surface area contributed by atoms with Crippen molar-refractivity contribution in [2.24, 2.45) is 0 Å². The Bertz CT molecular complexity index is 1090. The predicted molar refractivity (Wildman–Crippen MR) is 256 cm³/mol. The Hall–Kier alpha value is -1.85. The first-order valence-electron chi connectivity index (χ1n) is 25.7. The second-order valence-electron chi connectivity index (χ2n) is 17.6. The maximum atomic E-state index is 12.8. The summed E-state index contributed by atoms with van der Waals surface area (Å²) in [6.45, 7) is 4.52. The van der Waals surface area contributed by atoms with E-state index in [1.807, 2.05) is 0 Å². The van der Waals surface area contributed by atoms with Gasteiger partial charge in [0.2, 0.25) is 0 Å². The van der Waals surface area contributed by atoms with E-state index < -0.39 is 43.4 Å². The van der Waals surface area contributed by atoms with Crippen molar-refractivity contribution in [3.63, 3.8) is 0 Å². The molecule has 6 atom stereocenters. The van der Waals surface area contributed by atoms with Gasteiger partial charge in [-0.2, -0.15) is 0 Å². The first-order chi connectivity index (χ1) is 30.4. The maximum absolute atomic E-state index is 12.8. The lowest BCUT2D eigenvalue weighted by molar-refractivity contribution is -0.305. The first kappa shape index (κ1) is 58.2. The highest BCUT2D eigenvalue weighted by Crippen LogP contribution is 2.23. The Kier molecular flexibility index (Phi) is 41.6. The fourth-order valence-corrected chi connectivity index (χ4v) is 7.67. The summed E-state index contributed by atoms with van der Waals surface area (Å²) in [5.74, 6) is -0.319. The van der Waals surface area contributed by atoms with Crippen LogP contribution in [0.15, 0.2) is 48.6 Å². The van der Waals surface area contributed by atoms with Crippen LogP contribution in [0.2, 0.25) is 0 Å². The summed E-state index contributed by atoms with van der Waals surface area (Å²) < 4.78 is 22.9. The third kappa shape index (κ3) is 34.5. The number of esters is 1. The number of hydrogen-bond acceptors (Lipinski definition) is 9. The van der Waals surface area contributed by atoms with Gasteiger partial charge in [-0.15, -0.1) is 0 Å². The molecule has 1 saturated heterocycles. The Balaban J connectivity index is 2.21. The zero-order valence-electron chi connectivity index (χ0n) is 39.9. The van der Waals surface area contributed by atoms with E-state index in [9.17, 15) is 25.2 Å². The zero-order valence-corrected chi connectivity index (χ0v) is 39.9. The summed E-state index contributed by atoms with van der Waals surface area (Å²) in [6, 6.07) is 0. The zero-order chi connectivity index (χ0) is 45.0. The molecule has 6 unspecified atom stereocenters. The minimum atomic E-state index is -1.54. The first-order valence-corrected chi connectivity index (χ1v) is 25.7. The third-order valence-corrected chi connectivity index (χ3v) is 11.7. The Morgan fingerprint density at radius 1 is 0.516 bits per heavy atom. The SMILES string of the molecule is CCCCC/C=C\C/C=C\CCCCCCCCCCOCC(COC1OC(CO)C(O)C(O)C1O)OC(=O)CCCCCCCCCCC/C=C\C/C=C\CCCCCCC. The summed E-state index contributed by atoms with van der Waals surface area (Å²) >= 11 is 0. The van der Waals surface area contributed by atoms with Crippen LogP contribution in [0.4, 0.5) is 0 Å². The molecule has 0 aromatic heterocycles. The Morgan fingerprint density at radius 2 is 0.935 bits per heavy atom. The number of ether oxygens (including phenoxy) is 4. The molecule has 1 heterocycles. The monoisotopic (exact) mass is 877 g/mol. The molecule has 0 amide bonds. The van der Waals surface area contributed by atoms with Gasteiger partial charge in [0.1, 0.15) is 30.5 Å². The van der Waals surface area contributed by atoms with E-state index in [4.69, 9.17) is 18.9 Å². The number of aliphatic hydroxyl groups excluding tert-OH is 4. The van der Waals surface area contributed by atoms with Crippen molar-refractivity contribution in [1.82, 2.24) is 0 Å². The summed E-state index contributed by atoms with van der Waals surface area (Å²) in [5, 5.41) is 40.2. The van der Waals surface area contributed by atoms with Crippen molar-refractivity contribution in [2.45, 2.75) is 256 Å². The number of carbonyl (C=O) groups excluding carboxylic acids is 1. The van der Waals surface area contributed by atoms with Gasteiger partial charge < -0.3 is 39.4 Å². The van der Waals surface area contributed by atoms with Crippen LogP contribution in [0, 0.1) is 0 Å². The van der Waals surface area contributed by atoms with Crippen LogP contribution in [0.1, 0.15) is 219 Å². The molecule has 0 saturated carbocycles. The summed E-state index contributed by atoms with van der Waals surface area (Å²) in [7, 11) is 0. The highest BCUT2D eigenvalue weighted by atomic mass is 16.7. The molecule has 0 bridgehead atoms. The lowest BCUT2D eigenvalue weighted by Gasteiger charge is -2.39. The van der Waals surface area contributed by atoms with Crippen LogP contribution in [0.5, 0.6) is 0 Å². The quantitative estimate of drug-likeness (QED) is 0.0268. The van der Waals surface area contributed by atoms with E-state index in [-0.39, 0.29) is 19.2 Å². The van der Waals surface area contributed by atoms with Gasteiger partial charge in [0.15, 0.2) is 6.29 Å². The second-order valence-corrected chi connectivity index (χ2v) is 17.6. The molecule has 0 spiro atoms. The number of aliphatic hydroxyl groups is 4. The molecule has 1 rings (SSSR count). The van der Waals surface area contributed by atoms with Gasteiger partial charge in [-0.3, -0.25) is 4.79 Å². The van der Waals surface area contributed by atoms with Crippen molar-refractivity contribution < 1.29 is 44.2 Å². The molecule has 4 N–H and O–H groups in total. The van der Waals surface area contributed by atoms with E-state index in [2.05, 4.69) is 62.5 Å². The van der Waals surface area contributed by atoms with E-state index in [1.54, 1.807) is 0 Å². The van der Waals surface area contributed by atoms with Crippen molar-refractivity contribution in [3.8, 4) is 0 Å². The lowest BCUT2D eigenvalue weighted by atomic mass is 9.99. The fourth-order valence-electron chi connectivity index (χ4n) is 7.67. The molecular weight excluding hydrogens is 781 g/mol. The van der Waals surface area contributed by atoms with Crippen molar-refractivity contribution in [1.29, 1.82) is 0 Å². The number of rotatable bonds is 44. The van der Waals surface area contributed by atoms with Gasteiger partial charge in [0.25, 0.3) is 0 Å². The van der Waals surface area contributed by atoms with E-state index in [1.165, 1.54) is 154 Å². The number of unbranched alkanes of at least 4 members (excludes halogenated alkanes) is 25. The summed E-state index contributed by atoms with van der Waals surface area (Å²) in [6.07, 6.45) is 48.5. The maximum Gasteiger partial charge on any atom is 0.306 e. The van der Waals surface area contributed by atoms with Gasteiger partial charge in [-0.1, -0.05) is 184 Å². The second kappa shape index (κ2) is 44.4. The van der Waals surface area contributed by atoms with Crippen molar-refractivity contribution in [3.05, 3.63) is 48.6 Å². The van der Waals surface area contributed by atoms with Gasteiger partial charge in [0.05, 0.1) is 19.8 Å². The topological polar surface area (TPSA) is 135 Å². The predicted octanol–water partition coefficient (Wildman–Crippen LogP) is 12.5. The molecule has 1 fully saturated rings. The van der Waals surface area contributed by atoms with Gasteiger partial charge >= 0.3 is 5.97 Å². The average Bonchev–Trinajstić information content (AvgIpc) is 3.27. The highest BCUT2D eigenvalue weighted by Gasteiger charge is 2.44. The summed E-state index contributed by atoms with van der Waals surface area (Å²) in [4.78, 5) is 12.8. The molecule has 0 radical (unpaired) electrons. The molecule has 9 heteroatoms. The molecule has 1 aliphatic rings. The smallest absolute Gasteiger partial charge is 0.306 e. The normalized spacial score (nSPS) is 20.1. The standard InChI is InChI=1S/C53H96O9/c1-3-5-7-9-11-13-15-17-19-21-23-24-25-26-28-30-32-34-36-38-40-42-49(55)61-47(46-60-53-52(58)51(57)50(56)48(44-54)62-53)45-59-43-41-39-37-35-33-31-29-27-22-20-18-16-14-12-10-8-6-4-2/h12,14-15,17-18,20-21,23,47-48,50-54,56-58H,3-11,13,16,19,22,24-46H2,1-2H3/b14-12-,17-15-,20-18-,23-21-. The highest BCUT2D eigenvalue weighted by molar-refractivity contribution is 5.69. The van der Waals surface area contributed by atoms with Crippen LogP contribution in [0.3, 0.4) is 0 Å². The molecule has 62 heavy (non-hydrogen) atoms. The molecule has 362 valence electrons. The largest absolute Gasteiger partial charge is 0.457 e. The van der Waals surface area contributed by atoms with Crippen LogP contribution in [-0.2, 0) is 23.7 Å². The Labute approximate surface area is 380 Å². The lowest BCUT2D eigenvalue weighted by Crippen LogP contribution is -2.59. The van der Waals surface area contributed by atoms with Gasteiger partial charge in [0, 0.05) is 13.0 Å². The molecule has 0 aromatic rings. The third-order valence-electron chi connectivity index (χ3n) is 11.7. The fraction of sp³-hybridized carbons (Fsp3) is 0.830. The number of hydrogen-bond donors (Lipinski definition) is 4. The van der Waals surface area contributed by atoms with E-state index in [0.29, 0.717) is 13.0 Å². The number of carbonyl (C=O) groups is 1. The molecule has 9 nitrogen and oxygen atoms in total. The van der Waals surface area contributed by atoms with Crippen LogP contribution < -0.4 is 0 Å². The van der Waals surface area contributed by atoms with Crippen LogP contribution >= 0.6 is 0 Å². The van der Waals surface area contributed by atoms with E-state index in [0.717, 1.165) is 44.9 Å². The Morgan fingerprint density at radius 3 is 1.42 bits per heavy atom. The average molecular weight is 877 g/mol. The van der Waals surface area contributed by atoms with Crippen molar-refractivity contribution >= 4 is 5.97 Å². The molecule has 0 aliphatic carbocycles. The minimum absolute atomic E-state index is 0.118. The van der Waals surface area contributed by atoms with Crippen molar-refractivity contribution in [2.75, 3.05) is 26.4 Å². The molecule has 0 aromatic carbocycles. The van der Waals surface area contributed by atoms with Gasteiger partial charge in [-0.05, 0) is 77.0 Å². The number of allylic oxidation sites excluding steroid dienone is 8. The van der Waals surface area contributed by atoms with Crippen LogP contribution in [0.25, 0.3) is 0 Å². The van der Waals surface area contributed by atoms with Gasteiger partial charge in [-0.25, -0.2) is 0 Å². The minimum Gasteiger partial charge on any atom is -0.457 e. The van der Waals surface area contributed by atoms with E-state index >= 15 is 0 Å². The molecule has 1 aliphatic heterocycles. The summed E-state index contributed by atoms with van der Waals surface area (Å²) in [5.41, 5.74) is 0. The van der Waals surface area contributed by atoms with Crippen LogP contribution in [-0.4, -0.2) is 89.6 Å². The molecular formula is C53H96O9.